The van der Waals surface area contributed by atoms with Gasteiger partial charge in [0.25, 0.3) is 0 Å². The summed E-state index contributed by atoms with van der Waals surface area (Å²) in [4.78, 5) is 0. The number of hydrogen-bond donors (Lipinski definition) is 1. The molecule has 0 aliphatic rings. The van der Waals surface area contributed by atoms with Crippen molar-refractivity contribution in [1.82, 2.24) is 14.9 Å². The van der Waals surface area contributed by atoms with Crippen LogP contribution in [0.3, 0.4) is 0 Å². The molecular formula is C10H8FN5S. The third-order valence-electron chi connectivity index (χ3n) is 2.05. The fourth-order valence-corrected chi connectivity index (χ4v) is 1.82. The van der Waals surface area contributed by atoms with E-state index in [0.29, 0.717) is 5.16 Å². The van der Waals surface area contributed by atoms with E-state index in [4.69, 9.17) is 11.1 Å². The molecule has 5 nitrogen and oxygen atoms in total. The number of nitrogens with zero attached hydrogens (tertiary/aromatic N) is 4. The molecule has 86 valence electrons. The van der Waals surface area contributed by atoms with Crippen LogP contribution in [0.5, 0.6) is 0 Å². The first kappa shape index (κ1) is 11.4. The molecule has 0 saturated heterocycles. The Bertz CT molecular complexity index is 574. The molecule has 1 aromatic heterocycles. The molecule has 0 amide bonds. The van der Waals surface area contributed by atoms with Gasteiger partial charge in [-0.25, -0.2) is 9.07 Å². The fraction of sp³-hybridized carbons (Fsp3) is 0.100. The molecular weight excluding hydrogens is 241 g/mol. The first-order chi connectivity index (χ1) is 8.24. The van der Waals surface area contributed by atoms with E-state index in [9.17, 15) is 4.39 Å². The molecule has 0 saturated carbocycles. The van der Waals surface area contributed by atoms with E-state index >= 15 is 0 Å². The third kappa shape index (κ3) is 2.21. The number of aromatic nitrogens is 3. The van der Waals surface area contributed by atoms with Gasteiger partial charge in [-0.2, -0.15) is 5.26 Å². The summed E-state index contributed by atoms with van der Waals surface area (Å²) in [6.07, 6.45) is 0. The summed E-state index contributed by atoms with van der Waals surface area (Å²) < 4.78 is 14.7. The summed E-state index contributed by atoms with van der Waals surface area (Å²) in [5.74, 6) is 5.78. The van der Waals surface area contributed by atoms with Crippen molar-refractivity contribution in [3.05, 3.63) is 30.1 Å². The number of thioether (sulfide) groups is 1. The molecule has 2 rings (SSSR count). The second kappa shape index (κ2) is 4.84. The van der Waals surface area contributed by atoms with Crippen LogP contribution < -0.4 is 5.84 Å². The Morgan fingerprint density at radius 2 is 2.18 bits per heavy atom. The molecule has 2 N–H and O–H groups in total. The van der Waals surface area contributed by atoms with Gasteiger partial charge in [-0.15, -0.1) is 10.2 Å². The van der Waals surface area contributed by atoms with Crippen LogP contribution in [0.4, 0.5) is 4.39 Å². The number of hydrogen-bond acceptors (Lipinski definition) is 5. The van der Waals surface area contributed by atoms with Gasteiger partial charge in [-0.3, -0.25) is 0 Å². The van der Waals surface area contributed by atoms with E-state index < -0.39 is 5.82 Å². The average Bonchev–Trinajstić information content (AvgIpc) is 2.69. The van der Waals surface area contributed by atoms with Gasteiger partial charge in [-0.05, 0) is 12.1 Å². The second-order valence-corrected chi connectivity index (χ2v) is 4.05. The molecule has 0 atom stereocenters. The largest absolute Gasteiger partial charge is 0.335 e. The molecule has 2 aromatic rings. The lowest BCUT2D eigenvalue weighted by atomic mass is 10.2. The van der Waals surface area contributed by atoms with Crippen molar-refractivity contribution in [2.24, 2.45) is 0 Å². The van der Waals surface area contributed by atoms with Crippen molar-refractivity contribution in [3.8, 4) is 17.5 Å². The Morgan fingerprint density at radius 3 is 2.88 bits per heavy atom. The molecule has 0 spiro atoms. The SMILES string of the molecule is N#CCSc1nnc(-c2ccccc2F)n1N. The van der Waals surface area contributed by atoms with Crippen LogP contribution in [0, 0.1) is 17.1 Å². The lowest BCUT2D eigenvalue weighted by Crippen LogP contribution is -2.12. The van der Waals surface area contributed by atoms with Gasteiger partial charge in [0.2, 0.25) is 5.16 Å². The van der Waals surface area contributed by atoms with Crippen LogP contribution in [0.1, 0.15) is 0 Å². The highest BCUT2D eigenvalue weighted by Gasteiger charge is 2.14. The molecule has 1 aromatic carbocycles. The zero-order valence-corrected chi connectivity index (χ0v) is 9.49. The zero-order valence-electron chi connectivity index (χ0n) is 8.67. The summed E-state index contributed by atoms with van der Waals surface area (Å²) in [6.45, 7) is 0. The highest BCUT2D eigenvalue weighted by molar-refractivity contribution is 7.99. The summed E-state index contributed by atoms with van der Waals surface area (Å²) in [7, 11) is 0. The summed E-state index contributed by atoms with van der Waals surface area (Å²) in [6, 6.07) is 8.13. The smallest absolute Gasteiger partial charge is 0.211 e. The van der Waals surface area contributed by atoms with Crippen LogP contribution in [0.2, 0.25) is 0 Å². The Hall–Kier alpha value is -2.07. The van der Waals surface area contributed by atoms with Crippen LogP contribution >= 0.6 is 11.8 Å². The van der Waals surface area contributed by atoms with E-state index in [1.807, 2.05) is 6.07 Å². The number of benzene rings is 1. The van der Waals surface area contributed by atoms with Gasteiger partial charge in [0.05, 0.1) is 17.4 Å². The number of nitrogens with two attached hydrogens (primary N) is 1. The molecule has 0 unspecified atom stereocenters. The monoisotopic (exact) mass is 249 g/mol. The van der Waals surface area contributed by atoms with Crippen molar-refractivity contribution in [2.45, 2.75) is 5.16 Å². The van der Waals surface area contributed by atoms with Crippen molar-refractivity contribution < 1.29 is 4.39 Å². The highest BCUT2D eigenvalue weighted by atomic mass is 32.2. The van der Waals surface area contributed by atoms with Gasteiger partial charge in [0.15, 0.2) is 5.82 Å². The van der Waals surface area contributed by atoms with Gasteiger partial charge in [-0.1, -0.05) is 23.9 Å². The molecule has 0 radical (unpaired) electrons. The number of nitriles is 1. The maximum atomic E-state index is 13.5. The van der Waals surface area contributed by atoms with Crippen LogP contribution in [0.15, 0.2) is 29.4 Å². The normalized spacial score (nSPS) is 10.1. The third-order valence-corrected chi connectivity index (χ3v) is 2.86. The van der Waals surface area contributed by atoms with Crippen LogP contribution in [-0.4, -0.2) is 20.6 Å². The predicted molar refractivity (Wildman–Crippen MR) is 61.9 cm³/mol. The second-order valence-electron chi connectivity index (χ2n) is 3.10. The summed E-state index contributed by atoms with van der Waals surface area (Å²) in [5, 5.41) is 16.5. The summed E-state index contributed by atoms with van der Waals surface area (Å²) in [5.41, 5.74) is 0.284. The van der Waals surface area contributed by atoms with Crippen LogP contribution in [-0.2, 0) is 0 Å². The molecule has 1 heterocycles. The molecule has 0 aliphatic carbocycles. The minimum Gasteiger partial charge on any atom is -0.335 e. The average molecular weight is 249 g/mol. The minimum atomic E-state index is -0.413. The van der Waals surface area contributed by atoms with E-state index in [-0.39, 0.29) is 17.1 Å². The van der Waals surface area contributed by atoms with Crippen molar-refractivity contribution in [1.29, 1.82) is 5.26 Å². The maximum Gasteiger partial charge on any atom is 0.211 e. The van der Waals surface area contributed by atoms with E-state index in [0.717, 1.165) is 11.8 Å². The number of nitrogen functional groups attached to an aromatic ring is 1. The van der Waals surface area contributed by atoms with Crippen LogP contribution in [0.25, 0.3) is 11.4 Å². The molecule has 7 heteroatoms. The number of rotatable bonds is 3. The predicted octanol–water partition coefficient (Wildman–Crippen LogP) is 1.41. The Balaban J connectivity index is 2.38. The van der Waals surface area contributed by atoms with Gasteiger partial charge in [0.1, 0.15) is 5.82 Å². The van der Waals surface area contributed by atoms with E-state index in [2.05, 4.69) is 10.2 Å². The van der Waals surface area contributed by atoms with Gasteiger partial charge in [0, 0.05) is 0 Å². The quantitative estimate of drug-likeness (QED) is 0.657. The maximum absolute atomic E-state index is 13.5. The molecule has 17 heavy (non-hydrogen) atoms. The van der Waals surface area contributed by atoms with Crippen molar-refractivity contribution in [2.75, 3.05) is 11.6 Å². The van der Waals surface area contributed by atoms with Crippen molar-refractivity contribution in [3.63, 3.8) is 0 Å². The lowest BCUT2D eigenvalue weighted by molar-refractivity contribution is 0.629. The Morgan fingerprint density at radius 1 is 1.41 bits per heavy atom. The topological polar surface area (TPSA) is 80.5 Å². The number of halogens is 1. The standard InChI is InChI=1S/C10H8FN5S/c11-8-4-2-1-3-7(8)9-14-15-10(16(9)13)17-6-5-12/h1-4H,6,13H2. The summed E-state index contributed by atoms with van der Waals surface area (Å²) >= 11 is 1.15. The fourth-order valence-electron chi connectivity index (χ4n) is 1.30. The molecule has 0 aliphatic heterocycles. The zero-order chi connectivity index (χ0) is 12.3. The van der Waals surface area contributed by atoms with Crippen molar-refractivity contribution >= 4 is 11.8 Å². The van der Waals surface area contributed by atoms with E-state index in [1.165, 1.54) is 10.7 Å². The first-order valence-corrected chi connectivity index (χ1v) is 5.67. The minimum absolute atomic E-state index is 0.215. The van der Waals surface area contributed by atoms with E-state index in [1.54, 1.807) is 18.2 Å². The Kier molecular flexibility index (Phi) is 3.25. The first-order valence-electron chi connectivity index (χ1n) is 4.69. The molecule has 0 bridgehead atoms. The highest BCUT2D eigenvalue weighted by Crippen LogP contribution is 2.23. The van der Waals surface area contributed by atoms with Gasteiger partial charge >= 0.3 is 0 Å². The Labute approximate surface area is 101 Å². The molecule has 0 fully saturated rings. The lowest BCUT2D eigenvalue weighted by Gasteiger charge is -2.02. The van der Waals surface area contributed by atoms with Gasteiger partial charge < -0.3 is 5.84 Å².